The molecule has 0 aromatic rings. The Bertz CT molecular complexity index is 292. The van der Waals surface area contributed by atoms with Crippen LogP contribution in [0, 0.1) is 5.92 Å². The third-order valence-electron chi connectivity index (χ3n) is 3.81. The largest absolute Gasteiger partial charge is 0.355 e. The minimum atomic E-state index is -0.121. The van der Waals surface area contributed by atoms with E-state index in [4.69, 9.17) is 0 Å². The van der Waals surface area contributed by atoms with Crippen LogP contribution < -0.4 is 5.32 Å². The number of amides is 1. The van der Waals surface area contributed by atoms with E-state index < -0.39 is 0 Å². The molecule has 18 heavy (non-hydrogen) atoms. The summed E-state index contributed by atoms with van der Waals surface area (Å²) >= 11 is 0. The molecule has 1 aliphatic rings. The first-order valence-corrected chi connectivity index (χ1v) is 7.14. The highest BCUT2D eigenvalue weighted by Crippen LogP contribution is 2.18. The average molecular weight is 254 g/mol. The molecular weight excluding hydrogens is 228 g/mol. The SMILES string of the molecule is CCCCNC(=O)C(C)N1CCC(=O)C(CC)C1. The minimum Gasteiger partial charge on any atom is -0.355 e. The van der Waals surface area contributed by atoms with Crippen molar-refractivity contribution in [3.8, 4) is 0 Å². The predicted molar refractivity (Wildman–Crippen MR) is 72.4 cm³/mol. The molecule has 1 N–H and O–H groups in total. The lowest BCUT2D eigenvalue weighted by molar-refractivity contribution is -0.132. The summed E-state index contributed by atoms with van der Waals surface area (Å²) in [6.07, 6.45) is 3.57. The number of ketones is 1. The average Bonchev–Trinajstić information content (AvgIpc) is 2.38. The van der Waals surface area contributed by atoms with E-state index in [1.807, 2.05) is 13.8 Å². The van der Waals surface area contributed by atoms with Crippen molar-refractivity contribution in [3.63, 3.8) is 0 Å². The molecule has 4 heteroatoms. The number of carbonyl (C=O) groups is 2. The molecule has 1 amide bonds. The van der Waals surface area contributed by atoms with Gasteiger partial charge in [-0.15, -0.1) is 0 Å². The van der Waals surface area contributed by atoms with Crippen molar-refractivity contribution in [1.29, 1.82) is 0 Å². The number of likely N-dealkylation sites (tertiary alicyclic amines) is 1. The summed E-state index contributed by atoms with van der Waals surface area (Å²) in [5.74, 6) is 0.560. The second-order valence-electron chi connectivity index (χ2n) is 5.14. The van der Waals surface area contributed by atoms with Gasteiger partial charge in [0.25, 0.3) is 0 Å². The van der Waals surface area contributed by atoms with Crippen molar-refractivity contribution in [3.05, 3.63) is 0 Å². The van der Waals surface area contributed by atoms with Gasteiger partial charge in [0.1, 0.15) is 5.78 Å². The molecule has 4 nitrogen and oxygen atoms in total. The Hall–Kier alpha value is -0.900. The van der Waals surface area contributed by atoms with E-state index in [0.29, 0.717) is 12.2 Å². The lowest BCUT2D eigenvalue weighted by Crippen LogP contribution is -2.51. The highest BCUT2D eigenvalue weighted by molar-refractivity contribution is 5.84. The lowest BCUT2D eigenvalue weighted by atomic mass is 9.93. The Morgan fingerprint density at radius 3 is 2.83 bits per heavy atom. The molecule has 0 bridgehead atoms. The number of nitrogens with zero attached hydrogens (tertiary/aromatic N) is 1. The van der Waals surface area contributed by atoms with Gasteiger partial charge in [0.05, 0.1) is 6.04 Å². The molecule has 2 atom stereocenters. The molecule has 2 unspecified atom stereocenters. The third-order valence-corrected chi connectivity index (χ3v) is 3.81. The Morgan fingerprint density at radius 2 is 2.22 bits per heavy atom. The maximum atomic E-state index is 12.0. The van der Waals surface area contributed by atoms with Crippen LogP contribution in [0.25, 0.3) is 0 Å². The first kappa shape index (κ1) is 15.2. The van der Waals surface area contributed by atoms with Crippen molar-refractivity contribution in [2.24, 2.45) is 5.92 Å². The van der Waals surface area contributed by atoms with Crippen LogP contribution in [0.5, 0.6) is 0 Å². The molecule has 0 saturated carbocycles. The van der Waals surface area contributed by atoms with Gasteiger partial charge in [-0.25, -0.2) is 0 Å². The molecule has 0 aliphatic carbocycles. The Kier molecular flexibility index (Phi) is 6.33. The maximum Gasteiger partial charge on any atom is 0.237 e. The lowest BCUT2D eigenvalue weighted by Gasteiger charge is -2.34. The fourth-order valence-corrected chi connectivity index (χ4v) is 2.34. The molecule has 104 valence electrons. The van der Waals surface area contributed by atoms with E-state index in [0.717, 1.165) is 38.9 Å². The monoisotopic (exact) mass is 254 g/mol. The number of piperidine rings is 1. The minimum absolute atomic E-state index is 0.0904. The van der Waals surface area contributed by atoms with E-state index in [1.165, 1.54) is 0 Å². The van der Waals surface area contributed by atoms with Crippen LogP contribution in [0.4, 0.5) is 0 Å². The molecule has 1 aliphatic heterocycles. The van der Waals surface area contributed by atoms with Crippen molar-refractivity contribution in [2.75, 3.05) is 19.6 Å². The van der Waals surface area contributed by atoms with E-state index in [1.54, 1.807) is 0 Å². The molecule has 1 heterocycles. The van der Waals surface area contributed by atoms with E-state index in [9.17, 15) is 9.59 Å². The van der Waals surface area contributed by atoms with E-state index in [2.05, 4.69) is 17.1 Å². The molecule has 1 saturated heterocycles. The number of hydrogen-bond donors (Lipinski definition) is 1. The van der Waals surface area contributed by atoms with Gasteiger partial charge in [0, 0.05) is 32.0 Å². The number of unbranched alkanes of at least 4 members (excludes halogenated alkanes) is 1. The first-order chi connectivity index (χ1) is 8.60. The number of hydrogen-bond acceptors (Lipinski definition) is 3. The van der Waals surface area contributed by atoms with Gasteiger partial charge in [-0.05, 0) is 19.8 Å². The summed E-state index contributed by atoms with van der Waals surface area (Å²) < 4.78 is 0. The highest BCUT2D eigenvalue weighted by Gasteiger charge is 2.30. The number of rotatable bonds is 6. The van der Waals surface area contributed by atoms with Crippen molar-refractivity contribution < 1.29 is 9.59 Å². The summed E-state index contributed by atoms with van der Waals surface area (Å²) in [6.45, 7) is 8.29. The van der Waals surface area contributed by atoms with Crippen LogP contribution >= 0.6 is 0 Å². The van der Waals surface area contributed by atoms with Gasteiger partial charge in [-0.3, -0.25) is 14.5 Å². The van der Waals surface area contributed by atoms with Gasteiger partial charge >= 0.3 is 0 Å². The number of nitrogens with one attached hydrogen (secondary N) is 1. The second kappa shape index (κ2) is 7.52. The zero-order valence-electron chi connectivity index (χ0n) is 11.9. The van der Waals surface area contributed by atoms with Crippen LogP contribution in [0.2, 0.25) is 0 Å². The van der Waals surface area contributed by atoms with Gasteiger partial charge in [0.15, 0.2) is 0 Å². The quantitative estimate of drug-likeness (QED) is 0.732. The van der Waals surface area contributed by atoms with Crippen molar-refractivity contribution in [1.82, 2.24) is 10.2 Å². The molecule has 1 rings (SSSR count). The van der Waals surface area contributed by atoms with Gasteiger partial charge in [0.2, 0.25) is 5.91 Å². The predicted octanol–water partition coefficient (Wildman–Crippen LogP) is 1.59. The Morgan fingerprint density at radius 1 is 1.50 bits per heavy atom. The van der Waals surface area contributed by atoms with Gasteiger partial charge in [-0.2, -0.15) is 0 Å². The van der Waals surface area contributed by atoms with Crippen molar-refractivity contribution >= 4 is 11.7 Å². The topological polar surface area (TPSA) is 49.4 Å². The normalized spacial score (nSPS) is 22.8. The molecule has 0 radical (unpaired) electrons. The van der Waals surface area contributed by atoms with Crippen LogP contribution in [0.15, 0.2) is 0 Å². The summed E-state index contributed by atoms with van der Waals surface area (Å²) in [5.41, 5.74) is 0. The fourth-order valence-electron chi connectivity index (χ4n) is 2.34. The van der Waals surface area contributed by atoms with E-state index >= 15 is 0 Å². The van der Waals surface area contributed by atoms with Crippen LogP contribution in [0.3, 0.4) is 0 Å². The molecular formula is C14H26N2O2. The third kappa shape index (κ3) is 4.09. The summed E-state index contributed by atoms with van der Waals surface area (Å²) in [6, 6.07) is -0.121. The summed E-state index contributed by atoms with van der Waals surface area (Å²) in [5, 5.41) is 2.96. The van der Waals surface area contributed by atoms with Crippen LogP contribution in [-0.4, -0.2) is 42.3 Å². The van der Waals surface area contributed by atoms with Gasteiger partial charge in [-0.1, -0.05) is 20.3 Å². The Labute approximate surface area is 110 Å². The van der Waals surface area contributed by atoms with Crippen LogP contribution in [0.1, 0.15) is 46.5 Å². The number of carbonyl (C=O) groups excluding carboxylic acids is 2. The first-order valence-electron chi connectivity index (χ1n) is 7.14. The molecule has 1 fully saturated rings. The molecule has 0 aromatic carbocycles. The smallest absolute Gasteiger partial charge is 0.237 e. The maximum absolute atomic E-state index is 12.0. The zero-order chi connectivity index (χ0) is 13.5. The summed E-state index contributed by atoms with van der Waals surface area (Å²) in [4.78, 5) is 25.7. The van der Waals surface area contributed by atoms with Crippen LogP contribution in [-0.2, 0) is 9.59 Å². The second-order valence-corrected chi connectivity index (χ2v) is 5.14. The Balaban J connectivity index is 2.43. The molecule has 0 spiro atoms. The fraction of sp³-hybridized carbons (Fsp3) is 0.857. The van der Waals surface area contributed by atoms with E-state index in [-0.39, 0.29) is 17.9 Å². The van der Waals surface area contributed by atoms with Gasteiger partial charge < -0.3 is 5.32 Å². The summed E-state index contributed by atoms with van der Waals surface area (Å²) in [7, 11) is 0. The number of Topliss-reactive ketones (excluding diaryl/α,β-unsaturated/α-hetero) is 1. The standard InChI is InChI=1S/C14H26N2O2/c1-4-6-8-15-14(18)11(3)16-9-7-13(17)12(5-2)10-16/h11-12H,4-10H2,1-3H3,(H,15,18). The zero-order valence-corrected chi connectivity index (χ0v) is 11.9. The molecule has 0 aromatic heterocycles. The highest BCUT2D eigenvalue weighted by atomic mass is 16.2. The van der Waals surface area contributed by atoms with Crippen molar-refractivity contribution in [2.45, 2.75) is 52.5 Å².